The maximum atomic E-state index is 12.2. The molecule has 1 aromatic carbocycles. The lowest BCUT2D eigenvalue weighted by molar-refractivity contribution is -0.0679. The minimum Gasteiger partial charge on any atom is -0.373 e. The maximum absolute atomic E-state index is 12.2. The molecule has 1 aromatic rings. The molecule has 0 saturated carbocycles. The molecule has 1 heterocycles. The van der Waals surface area contributed by atoms with Crippen LogP contribution in [0.1, 0.15) is 20.3 Å². The third-order valence-corrected chi connectivity index (χ3v) is 6.04. The van der Waals surface area contributed by atoms with E-state index < -0.39 is 10.0 Å². The van der Waals surface area contributed by atoms with E-state index in [-0.39, 0.29) is 17.1 Å². The van der Waals surface area contributed by atoms with Crippen LogP contribution in [-0.2, 0) is 14.8 Å². The van der Waals surface area contributed by atoms with Crippen LogP contribution in [0.5, 0.6) is 0 Å². The lowest BCUT2D eigenvalue weighted by atomic mass is 10.2. The molecule has 0 aliphatic carbocycles. The third-order valence-electron chi connectivity index (χ3n) is 3.56. The SMILES string of the molecule is CC1CN(CCCNS(=O)(=O)c2ccccc2Br)CC(C)O1. The Morgan fingerprint density at radius 3 is 2.55 bits per heavy atom. The molecular weight excluding hydrogens is 368 g/mol. The summed E-state index contributed by atoms with van der Waals surface area (Å²) in [4.78, 5) is 2.61. The Kier molecular flexibility index (Phi) is 6.40. The number of benzene rings is 1. The van der Waals surface area contributed by atoms with Gasteiger partial charge in [-0.15, -0.1) is 0 Å². The molecule has 1 aliphatic rings. The van der Waals surface area contributed by atoms with E-state index in [0.29, 0.717) is 11.0 Å². The summed E-state index contributed by atoms with van der Waals surface area (Å²) >= 11 is 3.28. The second kappa shape index (κ2) is 7.88. The quantitative estimate of drug-likeness (QED) is 0.756. The van der Waals surface area contributed by atoms with Gasteiger partial charge in [-0.2, -0.15) is 0 Å². The van der Waals surface area contributed by atoms with Gasteiger partial charge in [-0.3, -0.25) is 4.90 Å². The van der Waals surface area contributed by atoms with Crippen molar-refractivity contribution in [3.8, 4) is 0 Å². The summed E-state index contributed by atoms with van der Waals surface area (Å²) in [6, 6.07) is 6.84. The lowest BCUT2D eigenvalue weighted by Crippen LogP contribution is -2.46. The number of nitrogens with one attached hydrogen (secondary N) is 1. The van der Waals surface area contributed by atoms with E-state index in [9.17, 15) is 8.42 Å². The fourth-order valence-corrected chi connectivity index (χ4v) is 4.79. The molecule has 124 valence electrons. The molecule has 22 heavy (non-hydrogen) atoms. The van der Waals surface area contributed by atoms with E-state index in [0.717, 1.165) is 26.1 Å². The van der Waals surface area contributed by atoms with Crippen molar-refractivity contribution in [3.05, 3.63) is 28.7 Å². The number of hydrogen-bond donors (Lipinski definition) is 1. The van der Waals surface area contributed by atoms with Gasteiger partial charge in [-0.05, 0) is 54.9 Å². The Hall–Kier alpha value is -0.470. The average Bonchev–Trinajstić information content (AvgIpc) is 2.43. The zero-order chi connectivity index (χ0) is 16.2. The fourth-order valence-electron chi connectivity index (χ4n) is 2.72. The largest absolute Gasteiger partial charge is 0.373 e. The number of rotatable bonds is 6. The predicted molar refractivity (Wildman–Crippen MR) is 90.4 cm³/mol. The van der Waals surface area contributed by atoms with Crippen molar-refractivity contribution in [2.24, 2.45) is 0 Å². The lowest BCUT2D eigenvalue weighted by Gasteiger charge is -2.35. The highest BCUT2D eigenvalue weighted by Crippen LogP contribution is 2.20. The van der Waals surface area contributed by atoms with E-state index in [1.165, 1.54) is 0 Å². The van der Waals surface area contributed by atoms with Gasteiger partial charge in [0.15, 0.2) is 0 Å². The molecule has 2 rings (SSSR count). The first-order valence-corrected chi connectivity index (χ1v) is 9.78. The first-order valence-electron chi connectivity index (χ1n) is 7.50. The summed E-state index contributed by atoms with van der Waals surface area (Å²) in [5.41, 5.74) is 0. The summed E-state index contributed by atoms with van der Waals surface area (Å²) in [5.74, 6) is 0. The molecule has 0 bridgehead atoms. The number of sulfonamides is 1. The molecule has 7 heteroatoms. The van der Waals surface area contributed by atoms with Crippen LogP contribution < -0.4 is 4.72 Å². The van der Waals surface area contributed by atoms with E-state index in [4.69, 9.17) is 4.74 Å². The number of hydrogen-bond acceptors (Lipinski definition) is 4. The molecule has 5 nitrogen and oxygen atoms in total. The number of halogens is 1. The second-order valence-electron chi connectivity index (χ2n) is 5.70. The van der Waals surface area contributed by atoms with Gasteiger partial charge in [-0.1, -0.05) is 12.1 Å². The van der Waals surface area contributed by atoms with Crippen LogP contribution in [0.3, 0.4) is 0 Å². The first-order chi connectivity index (χ1) is 10.4. The fraction of sp³-hybridized carbons (Fsp3) is 0.600. The highest BCUT2D eigenvalue weighted by molar-refractivity contribution is 9.10. The summed E-state index contributed by atoms with van der Waals surface area (Å²) in [6.07, 6.45) is 1.25. The summed E-state index contributed by atoms with van der Waals surface area (Å²) in [6.45, 7) is 7.25. The second-order valence-corrected chi connectivity index (χ2v) is 8.29. The van der Waals surface area contributed by atoms with Gasteiger partial charge in [0.05, 0.1) is 17.1 Å². The molecule has 1 aliphatic heterocycles. The molecule has 0 radical (unpaired) electrons. The molecule has 2 atom stereocenters. The van der Waals surface area contributed by atoms with Gasteiger partial charge in [-0.25, -0.2) is 13.1 Å². The molecule has 1 saturated heterocycles. The zero-order valence-electron chi connectivity index (χ0n) is 13.0. The van der Waals surface area contributed by atoms with E-state index in [2.05, 4.69) is 39.4 Å². The van der Waals surface area contributed by atoms with Crippen molar-refractivity contribution in [1.82, 2.24) is 9.62 Å². The Morgan fingerprint density at radius 1 is 1.27 bits per heavy atom. The van der Waals surface area contributed by atoms with Crippen molar-refractivity contribution >= 4 is 26.0 Å². The minimum absolute atomic E-state index is 0.237. The first kappa shape index (κ1) is 17.9. The monoisotopic (exact) mass is 390 g/mol. The van der Waals surface area contributed by atoms with Crippen LogP contribution in [0, 0.1) is 0 Å². The molecule has 2 unspecified atom stereocenters. The van der Waals surface area contributed by atoms with Gasteiger partial charge in [0, 0.05) is 24.1 Å². The number of morpholine rings is 1. The summed E-state index contributed by atoms with van der Waals surface area (Å²) < 4.78 is 33.4. The topological polar surface area (TPSA) is 58.6 Å². The summed E-state index contributed by atoms with van der Waals surface area (Å²) in [5, 5.41) is 0. The van der Waals surface area contributed by atoms with E-state index in [1.54, 1.807) is 24.3 Å². The third kappa shape index (κ3) is 5.03. The smallest absolute Gasteiger partial charge is 0.241 e. The average molecular weight is 391 g/mol. The Bertz CT molecular complexity index is 584. The van der Waals surface area contributed by atoms with Gasteiger partial charge < -0.3 is 4.74 Å². The Balaban J connectivity index is 1.80. The van der Waals surface area contributed by atoms with Crippen molar-refractivity contribution in [1.29, 1.82) is 0 Å². The van der Waals surface area contributed by atoms with Crippen molar-refractivity contribution < 1.29 is 13.2 Å². The summed E-state index contributed by atoms with van der Waals surface area (Å²) in [7, 11) is -3.46. The molecule has 1 fully saturated rings. The van der Waals surface area contributed by atoms with Crippen LogP contribution in [0.4, 0.5) is 0 Å². The molecule has 0 spiro atoms. The van der Waals surface area contributed by atoms with Crippen LogP contribution >= 0.6 is 15.9 Å². The zero-order valence-corrected chi connectivity index (χ0v) is 15.4. The molecule has 0 aromatic heterocycles. The molecule has 1 N–H and O–H groups in total. The van der Waals surface area contributed by atoms with E-state index in [1.807, 2.05) is 0 Å². The predicted octanol–water partition coefficient (Wildman–Crippen LogP) is 2.23. The van der Waals surface area contributed by atoms with Gasteiger partial charge in [0.1, 0.15) is 0 Å². The van der Waals surface area contributed by atoms with Gasteiger partial charge in [0.25, 0.3) is 0 Å². The molecule has 0 amide bonds. The van der Waals surface area contributed by atoms with Gasteiger partial charge >= 0.3 is 0 Å². The van der Waals surface area contributed by atoms with Crippen molar-refractivity contribution in [3.63, 3.8) is 0 Å². The van der Waals surface area contributed by atoms with Crippen LogP contribution in [0.25, 0.3) is 0 Å². The van der Waals surface area contributed by atoms with E-state index >= 15 is 0 Å². The van der Waals surface area contributed by atoms with Crippen molar-refractivity contribution in [2.45, 2.75) is 37.4 Å². The van der Waals surface area contributed by atoms with Crippen molar-refractivity contribution in [2.75, 3.05) is 26.2 Å². The standard InChI is InChI=1S/C15H23BrN2O3S/c1-12-10-18(11-13(2)21-12)9-5-8-17-22(19,20)15-7-4-3-6-14(15)16/h3-4,6-7,12-13,17H,5,8-11H2,1-2H3. The Morgan fingerprint density at radius 2 is 1.91 bits per heavy atom. The highest BCUT2D eigenvalue weighted by atomic mass is 79.9. The minimum atomic E-state index is -3.46. The Labute approximate surface area is 141 Å². The van der Waals surface area contributed by atoms with Crippen LogP contribution in [0.2, 0.25) is 0 Å². The molecular formula is C15H23BrN2O3S. The van der Waals surface area contributed by atoms with Crippen LogP contribution in [0.15, 0.2) is 33.6 Å². The number of ether oxygens (including phenoxy) is 1. The van der Waals surface area contributed by atoms with Gasteiger partial charge in [0.2, 0.25) is 10.0 Å². The maximum Gasteiger partial charge on any atom is 0.241 e. The van der Waals surface area contributed by atoms with Crippen LogP contribution in [-0.4, -0.2) is 51.7 Å². The highest BCUT2D eigenvalue weighted by Gasteiger charge is 2.22. The normalized spacial score (nSPS) is 23.6. The number of nitrogens with zero attached hydrogens (tertiary/aromatic N) is 1.